The molecule has 0 saturated carbocycles. The first-order chi connectivity index (χ1) is 7.25. The zero-order valence-electron chi connectivity index (χ0n) is 8.91. The number of hydrogen-bond acceptors (Lipinski definition) is 2. The Morgan fingerprint density at radius 2 is 1.93 bits per heavy atom. The second-order valence-corrected chi connectivity index (χ2v) is 4.33. The minimum absolute atomic E-state index is 0.779. The number of rotatable bonds is 1. The van der Waals surface area contributed by atoms with Crippen molar-refractivity contribution in [2.75, 3.05) is 13.6 Å². The predicted molar refractivity (Wildman–Crippen MR) is 64.5 cm³/mol. The van der Waals surface area contributed by atoms with Crippen LogP contribution in [0.3, 0.4) is 0 Å². The molecule has 1 aromatic carbocycles. The zero-order valence-corrected chi connectivity index (χ0v) is 9.67. The van der Waals surface area contributed by atoms with Crippen molar-refractivity contribution in [3.63, 3.8) is 0 Å². The highest BCUT2D eigenvalue weighted by Crippen LogP contribution is 2.15. The highest BCUT2D eigenvalue weighted by atomic mass is 35.5. The quantitative estimate of drug-likeness (QED) is 0.713. The summed E-state index contributed by atoms with van der Waals surface area (Å²) in [4.78, 5) is 0. The minimum Gasteiger partial charge on any atom is -0.300 e. The van der Waals surface area contributed by atoms with E-state index in [1.165, 1.54) is 24.1 Å². The Balaban J connectivity index is 2.24. The first-order valence-corrected chi connectivity index (χ1v) is 5.68. The van der Waals surface area contributed by atoms with Gasteiger partial charge in [0.2, 0.25) is 0 Å². The fraction of sp³-hybridized carbons (Fsp3) is 0.417. The molecule has 0 bridgehead atoms. The van der Waals surface area contributed by atoms with Crippen molar-refractivity contribution in [1.82, 2.24) is 5.01 Å². The molecular formula is C12H15ClN2. The van der Waals surface area contributed by atoms with Crippen LogP contribution in [0.2, 0.25) is 5.02 Å². The number of hydrazone groups is 1. The van der Waals surface area contributed by atoms with Gasteiger partial charge in [-0.3, -0.25) is 5.01 Å². The molecule has 0 N–H and O–H groups in total. The normalized spacial score (nSPS) is 17.2. The second-order valence-electron chi connectivity index (χ2n) is 3.89. The average Bonchev–Trinajstić information content (AvgIpc) is 2.44. The number of benzene rings is 1. The third-order valence-electron chi connectivity index (χ3n) is 2.61. The Bertz CT molecular complexity index is 356. The van der Waals surface area contributed by atoms with Gasteiger partial charge >= 0.3 is 0 Å². The molecule has 0 unspecified atom stereocenters. The van der Waals surface area contributed by atoms with Gasteiger partial charge in [0.05, 0.1) is 5.71 Å². The van der Waals surface area contributed by atoms with Gasteiger partial charge in [-0.1, -0.05) is 23.7 Å². The lowest BCUT2D eigenvalue weighted by Gasteiger charge is -2.11. The fourth-order valence-corrected chi connectivity index (χ4v) is 1.91. The lowest BCUT2D eigenvalue weighted by molar-refractivity contribution is 0.355. The summed E-state index contributed by atoms with van der Waals surface area (Å²) in [7, 11) is 2.03. The summed E-state index contributed by atoms with van der Waals surface area (Å²) >= 11 is 5.86. The molecule has 3 heteroatoms. The maximum atomic E-state index is 5.86. The van der Waals surface area contributed by atoms with Crippen molar-refractivity contribution in [3.8, 4) is 0 Å². The molecule has 2 nitrogen and oxygen atoms in total. The molecular weight excluding hydrogens is 208 g/mol. The topological polar surface area (TPSA) is 15.6 Å². The monoisotopic (exact) mass is 222 g/mol. The van der Waals surface area contributed by atoms with Gasteiger partial charge in [-0.25, -0.2) is 0 Å². The summed E-state index contributed by atoms with van der Waals surface area (Å²) < 4.78 is 0. The molecule has 1 aliphatic heterocycles. The molecule has 1 aliphatic rings. The maximum absolute atomic E-state index is 5.86. The summed E-state index contributed by atoms with van der Waals surface area (Å²) in [5.41, 5.74) is 2.36. The summed E-state index contributed by atoms with van der Waals surface area (Å²) in [6, 6.07) is 7.93. The molecule has 15 heavy (non-hydrogen) atoms. The first kappa shape index (κ1) is 10.5. The van der Waals surface area contributed by atoms with Crippen LogP contribution in [0.1, 0.15) is 24.8 Å². The maximum Gasteiger partial charge on any atom is 0.0677 e. The summed E-state index contributed by atoms with van der Waals surface area (Å²) in [6.07, 6.45) is 3.49. The van der Waals surface area contributed by atoms with Gasteiger partial charge < -0.3 is 0 Å². The van der Waals surface area contributed by atoms with E-state index in [2.05, 4.69) is 5.10 Å². The fourth-order valence-electron chi connectivity index (χ4n) is 1.78. The van der Waals surface area contributed by atoms with E-state index in [1.54, 1.807) is 0 Å². The van der Waals surface area contributed by atoms with E-state index >= 15 is 0 Å². The SMILES string of the molecule is CN1CCCCC(c2ccc(Cl)cc2)=N1. The van der Waals surface area contributed by atoms with Crippen LogP contribution < -0.4 is 0 Å². The smallest absolute Gasteiger partial charge is 0.0677 e. The minimum atomic E-state index is 0.779. The second kappa shape index (κ2) is 4.67. The Labute approximate surface area is 95.5 Å². The van der Waals surface area contributed by atoms with Crippen LogP contribution in [0.25, 0.3) is 0 Å². The van der Waals surface area contributed by atoms with Crippen LogP contribution in [0.15, 0.2) is 29.4 Å². The summed E-state index contributed by atoms with van der Waals surface area (Å²) in [6.45, 7) is 1.05. The third kappa shape index (κ3) is 2.72. The van der Waals surface area contributed by atoms with Gasteiger partial charge in [-0.15, -0.1) is 0 Å². The van der Waals surface area contributed by atoms with Crippen molar-refractivity contribution >= 4 is 17.3 Å². The van der Waals surface area contributed by atoms with Crippen molar-refractivity contribution in [3.05, 3.63) is 34.9 Å². The molecule has 1 aromatic rings. The van der Waals surface area contributed by atoms with Crippen LogP contribution in [0.4, 0.5) is 0 Å². The molecule has 1 heterocycles. The Morgan fingerprint density at radius 3 is 2.67 bits per heavy atom. The van der Waals surface area contributed by atoms with Gasteiger partial charge in [0.25, 0.3) is 0 Å². The molecule has 0 fully saturated rings. The molecule has 0 saturated heterocycles. The summed E-state index contributed by atoms with van der Waals surface area (Å²) in [5, 5.41) is 7.39. The largest absolute Gasteiger partial charge is 0.300 e. The van der Waals surface area contributed by atoms with Gasteiger partial charge in [0.1, 0.15) is 0 Å². The summed E-state index contributed by atoms with van der Waals surface area (Å²) in [5.74, 6) is 0. The number of hydrogen-bond donors (Lipinski definition) is 0. The number of halogens is 1. The van der Waals surface area contributed by atoms with Crippen LogP contribution in [-0.2, 0) is 0 Å². The molecule has 0 atom stereocenters. The van der Waals surface area contributed by atoms with Gasteiger partial charge in [-0.05, 0) is 37.0 Å². The van der Waals surface area contributed by atoms with Gasteiger partial charge in [-0.2, -0.15) is 5.10 Å². The lowest BCUT2D eigenvalue weighted by Crippen LogP contribution is -2.12. The van der Waals surface area contributed by atoms with E-state index in [9.17, 15) is 0 Å². The Morgan fingerprint density at radius 1 is 1.20 bits per heavy atom. The van der Waals surface area contributed by atoms with E-state index in [-0.39, 0.29) is 0 Å². The zero-order chi connectivity index (χ0) is 10.7. The molecule has 0 aromatic heterocycles. The third-order valence-corrected chi connectivity index (χ3v) is 2.87. The van der Waals surface area contributed by atoms with Gasteiger partial charge in [0, 0.05) is 18.6 Å². The predicted octanol–water partition coefficient (Wildman–Crippen LogP) is 3.16. The van der Waals surface area contributed by atoms with Crippen LogP contribution >= 0.6 is 11.6 Å². The van der Waals surface area contributed by atoms with Crippen LogP contribution in [0.5, 0.6) is 0 Å². The Kier molecular flexibility index (Phi) is 3.27. The lowest BCUT2D eigenvalue weighted by atomic mass is 10.1. The van der Waals surface area contributed by atoms with E-state index in [1.807, 2.05) is 36.3 Å². The van der Waals surface area contributed by atoms with Crippen LogP contribution in [0, 0.1) is 0 Å². The molecule has 0 aliphatic carbocycles. The van der Waals surface area contributed by atoms with Crippen molar-refractivity contribution in [2.45, 2.75) is 19.3 Å². The number of nitrogens with zero attached hydrogens (tertiary/aromatic N) is 2. The molecule has 2 rings (SSSR count). The standard InChI is InChI=1S/C12H15ClN2/c1-15-9-3-2-4-12(14-15)10-5-7-11(13)8-6-10/h5-8H,2-4,9H2,1H3. The molecule has 80 valence electrons. The van der Waals surface area contributed by atoms with E-state index in [0.717, 1.165) is 18.0 Å². The highest BCUT2D eigenvalue weighted by Gasteiger charge is 2.09. The van der Waals surface area contributed by atoms with E-state index < -0.39 is 0 Å². The van der Waals surface area contributed by atoms with Gasteiger partial charge in [0.15, 0.2) is 0 Å². The molecule has 0 radical (unpaired) electrons. The van der Waals surface area contributed by atoms with Crippen molar-refractivity contribution in [1.29, 1.82) is 0 Å². The molecule has 0 amide bonds. The molecule has 0 spiro atoms. The average molecular weight is 223 g/mol. The van der Waals surface area contributed by atoms with Crippen molar-refractivity contribution < 1.29 is 0 Å². The van der Waals surface area contributed by atoms with E-state index in [4.69, 9.17) is 11.6 Å². The highest BCUT2D eigenvalue weighted by molar-refractivity contribution is 6.30. The Hall–Kier alpha value is -1.02. The first-order valence-electron chi connectivity index (χ1n) is 5.30. The van der Waals surface area contributed by atoms with Crippen LogP contribution in [-0.4, -0.2) is 24.3 Å². The van der Waals surface area contributed by atoms with Crippen molar-refractivity contribution in [2.24, 2.45) is 5.10 Å². The van der Waals surface area contributed by atoms with E-state index in [0.29, 0.717) is 0 Å².